The molecule has 2 N–H and O–H groups in total. The van der Waals surface area contributed by atoms with E-state index >= 15 is 0 Å². The molecule has 4 nitrogen and oxygen atoms in total. The van der Waals surface area contributed by atoms with Gasteiger partial charge in [-0.05, 0) is 18.2 Å². The van der Waals surface area contributed by atoms with Crippen LogP contribution in [-0.2, 0) is 0 Å². The van der Waals surface area contributed by atoms with Gasteiger partial charge in [-0.1, -0.05) is 0 Å². The Kier molecular flexibility index (Phi) is 3.63. The molecular formula is C11H14F2N3O. The molecule has 17 heavy (non-hydrogen) atoms. The summed E-state index contributed by atoms with van der Waals surface area (Å²) in [5.41, 5.74) is 6.81. The van der Waals surface area contributed by atoms with E-state index in [1.807, 2.05) is 0 Å². The van der Waals surface area contributed by atoms with E-state index in [0.29, 0.717) is 0 Å². The predicted octanol–water partition coefficient (Wildman–Crippen LogP) is 1.29. The van der Waals surface area contributed by atoms with Crippen LogP contribution in [0.3, 0.4) is 0 Å². The molecule has 6 heteroatoms. The van der Waals surface area contributed by atoms with E-state index in [4.69, 9.17) is 5.73 Å². The minimum absolute atomic E-state index is 0.0189. The molecule has 1 radical (unpaired) electrons. The Morgan fingerprint density at radius 3 is 2.59 bits per heavy atom. The summed E-state index contributed by atoms with van der Waals surface area (Å²) in [6, 6.07) is 4.87. The minimum atomic E-state index is -2.85. The maximum Gasteiger partial charge on any atom is 0.387 e. The number of benzene rings is 1. The highest BCUT2D eigenvalue weighted by Crippen LogP contribution is 2.28. The van der Waals surface area contributed by atoms with Crippen LogP contribution in [0.1, 0.15) is 0 Å². The predicted molar refractivity (Wildman–Crippen MR) is 61.6 cm³/mol. The molecule has 0 unspecified atom stereocenters. The lowest BCUT2D eigenvalue weighted by molar-refractivity contribution is -0.0493. The number of nitrogens with zero attached hydrogens (tertiary/aromatic N) is 2. The van der Waals surface area contributed by atoms with E-state index < -0.39 is 6.61 Å². The number of alkyl halides is 2. The van der Waals surface area contributed by atoms with Crippen LogP contribution in [0.2, 0.25) is 0 Å². The Balaban J connectivity index is 2.12. The molecule has 93 valence electrons. The highest BCUT2D eigenvalue weighted by atomic mass is 19.3. The van der Waals surface area contributed by atoms with Gasteiger partial charge in [-0.3, -0.25) is 0 Å². The lowest BCUT2D eigenvalue weighted by atomic mass is 10.2. The van der Waals surface area contributed by atoms with Crippen LogP contribution < -0.4 is 20.7 Å². The minimum Gasteiger partial charge on any atom is -0.433 e. The summed E-state index contributed by atoms with van der Waals surface area (Å²) in [6.45, 7) is 0.379. The van der Waals surface area contributed by atoms with Crippen molar-refractivity contribution in [2.24, 2.45) is 0 Å². The molecule has 0 aliphatic carbocycles. The summed E-state index contributed by atoms with van der Waals surface area (Å²) in [4.78, 5) is 2.12. The Labute approximate surface area is 98.3 Å². The van der Waals surface area contributed by atoms with Crippen molar-refractivity contribution in [1.82, 2.24) is 5.32 Å². The molecular weight excluding hydrogens is 228 g/mol. The number of rotatable bonds is 3. The first-order valence-corrected chi connectivity index (χ1v) is 5.39. The van der Waals surface area contributed by atoms with Gasteiger partial charge in [0.15, 0.2) is 0 Å². The van der Waals surface area contributed by atoms with Gasteiger partial charge in [-0.15, -0.1) is 0 Å². The molecule has 1 aromatic carbocycles. The van der Waals surface area contributed by atoms with E-state index in [0.717, 1.165) is 31.9 Å². The molecule has 0 aromatic heterocycles. The smallest absolute Gasteiger partial charge is 0.387 e. The summed E-state index contributed by atoms with van der Waals surface area (Å²) in [7, 11) is 0. The summed E-state index contributed by atoms with van der Waals surface area (Å²) < 4.78 is 28.4. The number of halogens is 2. The van der Waals surface area contributed by atoms with Gasteiger partial charge in [0, 0.05) is 31.9 Å². The lowest BCUT2D eigenvalue weighted by Crippen LogP contribution is -2.40. The average Bonchev–Trinajstić information content (AvgIpc) is 2.32. The van der Waals surface area contributed by atoms with Gasteiger partial charge in [-0.2, -0.15) is 8.78 Å². The van der Waals surface area contributed by atoms with Gasteiger partial charge in [0.05, 0.1) is 5.69 Å². The Bertz CT molecular complexity index is 381. The molecule has 1 fully saturated rings. The zero-order chi connectivity index (χ0) is 12.3. The molecule has 0 spiro atoms. The third-order valence-corrected chi connectivity index (χ3v) is 2.63. The summed E-state index contributed by atoms with van der Waals surface area (Å²) >= 11 is 0. The number of nitrogen functional groups attached to an aromatic ring is 1. The molecule has 0 bridgehead atoms. The number of ether oxygens (including phenoxy) is 1. The largest absolute Gasteiger partial charge is 0.433 e. The summed E-state index contributed by atoms with van der Waals surface area (Å²) in [5.74, 6) is 0.0189. The van der Waals surface area contributed by atoms with Gasteiger partial charge in [0.25, 0.3) is 0 Å². The maximum absolute atomic E-state index is 12.1. The van der Waals surface area contributed by atoms with Crippen molar-refractivity contribution in [3.8, 4) is 5.75 Å². The van der Waals surface area contributed by atoms with Crippen LogP contribution in [0.25, 0.3) is 0 Å². The standard InChI is InChI=1S/C11H14F2N3O/c12-11(13)17-10-2-1-8(7-9(10)14)16-5-3-15-4-6-16/h1-2,7,11H,3-6,14H2. The van der Waals surface area contributed by atoms with Crippen LogP contribution in [0, 0.1) is 0 Å². The zero-order valence-corrected chi connectivity index (χ0v) is 9.27. The van der Waals surface area contributed by atoms with Crippen molar-refractivity contribution in [2.45, 2.75) is 6.61 Å². The highest BCUT2D eigenvalue weighted by Gasteiger charge is 2.14. The van der Waals surface area contributed by atoms with E-state index in [2.05, 4.69) is 15.0 Å². The molecule has 1 aliphatic rings. The second kappa shape index (κ2) is 5.18. The second-order valence-corrected chi connectivity index (χ2v) is 3.76. The third-order valence-electron chi connectivity index (χ3n) is 2.63. The Morgan fingerprint density at radius 2 is 2.00 bits per heavy atom. The zero-order valence-electron chi connectivity index (χ0n) is 9.27. The van der Waals surface area contributed by atoms with Crippen molar-refractivity contribution in [1.29, 1.82) is 0 Å². The third kappa shape index (κ3) is 2.97. The Hall–Kier alpha value is -1.56. The number of hydrogen-bond acceptors (Lipinski definition) is 3. The van der Waals surface area contributed by atoms with E-state index in [-0.39, 0.29) is 11.4 Å². The summed E-state index contributed by atoms with van der Waals surface area (Å²) in [6.07, 6.45) is 0. The molecule has 1 saturated heterocycles. The fraction of sp³-hybridized carbons (Fsp3) is 0.455. The van der Waals surface area contributed by atoms with E-state index in [1.165, 1.54) is 6.07 Å². The van der Waals surface area contributed by atoms with E-state index in [1.54, 1.807) is 12.1 Å². The van der Waals surface area contributed by atoms with Crippen LogP contribution in [0.15, 0.2) is 18.2 Å². The van der Waals surface area contributed by atoms with Gasteiger partial charge in [0.1, 0.15) is 5.75 Å². The number of hydrogen-bond donors (Lipinski definition) is 1. The van der Waals surface area contributed by atoms with Gasteiger partial charge in [0.2, 0.25) is 0 Å². The molecule has 1 aromatic rings. The van der Waals surface area contributed by atoms with Crippen molar-refractivity contribution in [3.63, 3.8) is 0 Å². The van der Waals surface area contributed by atoms with Crippen LogP contribution in [0.5, 0.6) is 5.75 Å². The Morgan fingerprint density at radius 1 is 1.29 bits per heavy atom. The topological polar surface area (TPSA) is 52.6 Å². The number of anilines is 2. The first-order chi connectivity index (χ1) is 8.16. The summed E-state index contributed by atoms with van der Waals surface area (Å²) in [5, 5.41) is 4.24. The molecule has 2 rings (SSSR count). The van der Waals surface area contributed by atoms with E-state index in [9.17, 15) is 8.78 Å². The first-order valence-electron chi connectivity index (χ1n) is 5.39. The van der Waals surface area contributed by atoms with Gasteiger partial charge < -0.3 is 15.4 Å². The van der Waals surface area contributed by atoms with Crippen LogP contribution >= 0.6 is 0 Å². The monoisotopic (exact) mass is 242 g/mol. The molecule has 1 heterocycles. The molecule has 0 atom stereocenters. The molecule has 1 aliphatic heterocycles. The fourth-order valence-electron chi connectivity index (χ4n) is 1.80. The SMILES string of the molecule is Nc1cc(N2CC[N]CC2)ccc1OC(F)F. The molecule has 0 amide bonds. The van der Waals surface area contributed by atoms with Crippen LogP contribution in [-0.4, -0.2) is 32.8 Å². The lowest BCUT2D eigenvalue weighted by Gasteiger charge is -2.29. The first kappa shape index (κ1) is 11.9. The van der Waals surface area contributed by atoms with Crippen molar-refractivity contribution >= 4 is 11.4 Å². The quantitative estimate of drug-likeness (QED) is 0.813. The number of piperazine rings is 1. The molecule has 0 saturated carbocycles. The van der Waals surface area contributed by atoms with Gasteiger partial charge >= 0.3 is 6.61 Å². The van der Waals surface area contributed by atoms with Crippen molar-refractivity contribution in [3.05, 3.63) is 18.2 Å². The van der Waals surface area contributed by atoms with Crippen molar-refractivity contribution in [2.75, 3.05) is 36.8 Å². The maximum atomic E-state index is 12.1. The second-order valence-electron chi connectivity index (χ2n) is 3.76. The normalized spacial score (nSPS) is 16.3. The van der Waals surface area contributed by atoms with Gasteiger partial charge in [-0.25, -0.2) is 5.32 Å². The average molecular weight is 242 g/mol. The fourth-order valence-corrected chi connectivity index (χ4v) is 1.80. The van der Waals surface area contributed by atoms with Crippen molar-refractivity contribution < 1.29 is 13.5 Å². The van der Waals surface area contributed by atoms with Crippen LogP contribution in [0.4, 0.5) is 20.2 Å². The highest BCUT2D eigenvalue weighted by molar-refractivity contribution is 5.63. The number of nitrogens with two attached hydrogens (primary N) is 1.